The average molecular weight is 422 g/mol. The number of hydrogen-bond donors (Lipinski definition) is 1. The van der Waals surface area contributed by atoms with Gasteiger partial charge in [0.15, 0.2) is 5.82 Å². The predicted molar refractivity (Wildman–Crippen MR) is 114 cm³/mol. The molecule has 2 aliphatic heterocycles. The van der Waals surface area contributed by atoms with E-state index < -0.39 is 5.92 Å². The number of anilines is 1. The average Bonchev–Trinajstić information content (AvgIpc) is 3.51. The molecule has 154 valence electrons. The third kappa shape index (κ3) is 3.31. The fourth-order valence-electron chi connectivity index (χ4n) is 4.40. The molecular formula is C22H23N5O2S. The Morgan fingerprint density at radius 1 is 1.23 bits per heavy atom. The quantitative estimate of drug-likeness (QED) is 0.687. The topological polar surface area (TPSA) is 80.1 Å². The van der Waals surface area contributed by atoms with Gasteiger partial charge in [-0.2, -0.15) is 0 Å². The number of fused-ring (bicyclic) bond motifs is 1. The SMILES string of the molecule is Cc1ccc(N2C(=O)C[C@H](C(=O)NCc3nnc4n3CCC4)[C@@H]2c2cccs2)cc1. The van der Waals surface area contributed by atoms with Crippen LogP contribution >= 0.6 is 11.3 Å². The molecule has 5 rings (SSSR count). The van der Waals surface area contributed by atoms with Gasteiger partial charge in [0.05, 0.1) is 18.5 Å². The van der Waals surface area contributed by atoms with E-state index in [1.807, 2.05) is 48.7 Å². The lowest BCUT2D eigenvalue weighted by atomic mass is 9.97. The number of hydrogen-bond acceptors (Lipinski definition) is 5. The van der Waals surface area contributed by atoms with Crippen LogP contribution in [0.3, 0.4) is 0 Å². The molecule has 2 aliphatic rings. The summed E-state index contributed by atoms with van der Waals surface area (Å²) in [6, 6.07) is 11.6. The van der Waals surface area contributed by atoms with E-state index in [0.29, 0.717) is 6.54 Å². The zero-order chi connectivity index (χ0) is 20.7. The largest absolute Gasteiger partial charge is 0.348 e. The first kappa shape index (κ1) is 19.0. The molecule has 0 saturated carbocycles. The lowest BCUT2D eigenvalue weighted by molar-refractivity contribution is -0.127. The van der Waals surface area contributed by atoms with Crippen LogP contribution in [0.25, 0.3) is 0 Å². The number of nitrogens with one attached hydrogen (secondary N) is 1. The summed E-state index contributed by atoms with van der Waals surface area (Å²) < 4.78 is 2.08. The predicted octanol–water partition coefficient (Wildman–Crippen LogP) is 3.00. The minimum absolute atomic E-state index is 0.0271. The van der Waals surface area contributed by atoms with Crippen molar-refractivity contribution in [2.75, 3.05) is 4.90 Å². The maximum Gasteiger partial charge on any atom is 0.228 e. The zero-order valence-corrected chi connectivity index (χ0v) is 17.6. The van der Waals surface area contributed by atoms with Crippen LogP contribution in [0.4, 0.5) is 5.69 Å². The Hall–Kier alpha value is -3.00. The summed E-state index contributed by atoms with van der Waals surface area (Å²) in [5.41, 5.74) is 1.96. The summed E-state index contributed by atoms with van der Waals surface area (Å²) in [7, 11) is 0. The fraction of sp³-hybridized carbons (Fsp3) is 0.364. The highest BCUT2D eigenvalue weighted by molar-refractivity contribution is 7.10. The van der Waals surface area contributed by atoms with Gasteiger partial charge in [0.25, 0.3) is 0 Å². The van der Waals surface area contributed by atoms with Crippen molar-refractivity contribution in [3.63, 3.8) is 0 Å². The summed E-state index contributed by atoms with van der Waals surface area (Å²) in [6.07, 6.45) is 2.19. The molecule has 1 N–H and O–H groups in total. The number of nitrogens with zero attached hydrogens (tertiary/aromatic N) is 4. The zero-order valence-electron chi connectivity index (χ0n) is 16.7. The normalized spacial score (nSPS) is 20.6. The van der Waals surface area contributed by atoms with Crippen LogP contribution in [0.5, 0.6) is 0 Å². The van der Waals surface area contributed by atoms with Crippen molar-refractivity contribution < 1.29 is 9.59 Å². The van der Waals surface area contributed by atoms with Crippen LogP contribution in [-0.2, 0) is 29.1 Å². The number of carbonyl (C=O) groups excluding carboxylic acids is 2. The van der Waals surface area contributed by atoms with Gasteiger partial charge in [-0.3, -0.25) is 9.59 Å². The first-order valence-corrected chi connectivity index (χ1v) is 11.1. The van der Waals surface area contributed by atoms with Gasteiger partial charge in [0, 0.05) is 30.0 Å². The molecule has 1 aromatic carbocycles. The summed E-state index contributed by atoms with van der Waals surface area (Å²) >= 11 is 1.58. The number of amides is 2. The third-order valence-electron chi connectivity index (χ3n) is 5.91. The van der Waals surface area contributed by atoms with E-state index in [1.54, 1.807) is 16.2 Å². The van der Waals surface area contributed by atoms with Crippen LogP contribution < -0.4 is 10.2 Å². The van der Waals surface area contributed by atoms with Crippen LogP contribution in [0.1, 0.15) is 41.0 Å². The smallest absolute Gasteiger partial charge is 0.228 e. The lowest BCUT2D eigenvalue weighted by Crippen LogP contribution is -2.35. The summed E-state index contributed by atoms with van der Waals surface area (Å²) in [4.78, 5) is 29.0. The Kier molecular flexibility index (Phi) is 4.86. The molecule has 0 aliphatic carbocycles. The molecule has 2 amide bonds. The molecule has 0 bridgehead atoms. The third-order valence-corrected chi connectivity index (χ3v) is 6.86. The van der Waals surface area contributed by atoms with Crippen LogP contribution in [0, 0.1) is 12.8 Å². The Bertz CT molecular complexity index is 1070. The highest BCUT2D eigenvalue weighted by Crippen LogP contribution is 2.43. The van der Waals surface area contributed by atoms with E-state index in [1.165, 1.54) is 0 Å². The van der Waals surface area contributed by atoms with Crippen molar-refractivity contribution in [1.29, 1.82) is 0 Å². The number of benzene rings is 1. The molecular weight excluding hydrogens is 398 g/mol. The summed E-state index contributed by atoms with van der Waals surface area (Å²) in [6.45, 7) is 3.25. The van der Waals surface area contributed by atoms with Gasteiger partial charge in [-0.05, 0) is 36.9 Å². The lowest BCUT2D eigenvalue weighted by Gasteiger charge is -2.27. The molecule has 4 heterocycles. The number of carbonyl (C=O) groups is 2. The maximum atomic E-state index is 13.2. The Labute approximate surface area is 178 Å². The molecule has 2 atom stereocenters. The first-order valence-electron chi connectivity index (χ1n) is 10.2. The molecule has 3 aromatic rings. The summed E-state index contributed by atoms with van der Waals surface area (Å²) in [5.74, 6) is 1.17. The van der Waals surface area contributed by atoms with Crippen LogP contribution in [-0.4, -0.2) is 26.6 Å². The second-order valence-electron chi connectivity index (χ2n) is 7.88. The van der Waals surface area contributed by atoms with E-state index in [2.05, 4.69) is 20.1 Å². The number of rotatable bonds is 5. The molecule has 1 fully saturated rings. The molecule has 0 unspecified atom stereocenters. The second kappa shape index (κ2) is 7.68. The fourth-order valence-corrected chi connectivity index (χ4v) is 5.28. The van der Waals surface area contributed by atoms with Gasteiger partial charge in [0.2, 0.25) is 11.8 Å². The molecule has 0 spiro atoms. The molecule has 8 heteroatoms. The van der Waals surface area contributed by atoms with Crippen molar-refractivity contribution in [2.45, 2.75) is 45.3 Å². The van der Waals surface area contributed by atoms with Gasteiger partial charge in [-0.1, -0.05) is 23.8 Å². The standard InChI is InChI=1S/C22H23N5O2S/c1-14-6-8-15(9-7-14)27-20(28)12-16(21(27)17-4-3-11-30-17)22(29)23-13-19-25-24-18-5-2-10-26(18)19/h3-4,6-9,11,16,21H,2,5,10,12-13H2,1H3,(H,23,29)/t16-,21+/m0/s1. The monoisotopic (exact) mass is 421 g/mol. The minimum atomic E-state index is -0.446. The molecule has 7 nitrogen and oxygen atoms in total. The summed E-state index contributed by atoms with van der Waals surface area (Å²) in [5, 5.41) is 13.4. The molecule has 30 heavy (non-hydrogen) atoms. The van der Waals surface area contributed by atoms with Crippen LogP contribution in [0.2, 0.25) is 0 Å². The Morgan fingerprint density at radius 3 is 2.83 bits per heavy atom. The van der Waals surface area contributed by atoms with Gasteiger partial charge >= 0.3 is 0 Å². The van der Waals surface area contributed by atoms with E-state index in [0.717, 1.165) is 47.2 Å². The van der Waals surface area contributed by atoms with Crippen molar-refractivity contribution in [3.05, 3.63) is 63.9 Å². The van der Waals surface area contributed by atoms with Crippen LogP contribution in [0.15, 0.2) is 41.8 Å². The van der Waals surface area contributed by atoms with E-state index in [9.17, 15) is 9.59 Å². The number of aromatic nitrogens is 3. The van der Waals surface area contributed by atoms with Gasteiger partial charge in [0.1, 0.15) is 5.82 Å². The highest BCUT2D eigenvalue weighted by atomic mass is 32.1. The van der Waals surface area contributed by atoms with E-state index in [-0.39, 0.29) is 24.3 Å². The van der Waals surface area contributed by atoms with Crippen molar-refractivity contribution in [2.24, 2.45) is 5.92 Å². The highest BCUT2D eigenvalue weighted by Gasteiger charge is 2.45. The first-order chi connectivity index (χ1) is 14.6. The minimum Gasteiger partial charge on any atom is -0.348 e. The van der Waals surface area contributed by atoms with Crippen molar-refractivity contribution in [3.8, 4) is 0 Å². The van der Waals surface area contributed by atoms with Gasteiger partial charge < -0.3 is 14.8 Å². The molecule has 1 saturated heterocycles. The van der Waals surface area contributed by atoms with E-state index in [4.69, 9.17) is 0 Å². The second-order valence-corrected chi connectivity index (χ2v) is 8.85. The Morgan fingerprint density at radius 2 is 2.07 bits per heavy atom. The van der Waals surface area contributed by atoms with E-state index >= 15 is 0 Å². The molecule has 0 radical (unpaired) electrons. The van der Waals surface area contributed by atoms with Gasteiger partial charge in [-0.15, -0.1) is 21.5 Å². The van der Waals surface area contributed by atoms with Gasteiger partial charge in [-0.25, -0.2) is 0 Å². The van der Waals surface area contributed by atoms with Crippen molar-refractivity contribution >= 4 is 28.8 Å². The van der Waals surface area contributed by atoms with Crippen molar-refractivity contribution in [1.82, 2.24) is 20.1 Å². The Balaban J connectivity index is 1.39. The molecule has 2 aromatic heterocycles. The number of aryl methyl sites for hydroxylation is 2. The number of thiophene rings is 1. The maximum absolute atomic E-state index is 13.2.